The number of anilines is 1. The highest BCUT2D eigenvalue weighted by Gasteiger charge is 2.27. The quantitative estimate of drug-likeness (QED) is 0.863. The van der Waals surface area contributed by atoms with Gasteiger partial charge in [0, 0.05) is 50.2 Å². The molecule has 1 aromatic heterocycles. The van der Waals surface area contributed by atoms with Gasteiger partial charge in [-0.05, 0) is 31.2 Å². The van der Waals surface area contributed by atoms with Crippen molar-refractivity contribution in [2.75, 3.05) is 38.7 Å². The fourth-order valence-corrected chi connectivity index (χ4v) is 2.84. The number of aryl methyl sites for hydroxylation is 1. The van der Waals surface area contributed by atoms with Gasteiger partial charge in [0.25, 0.3) is 5.91 Å². The molecule has 3 rings (SSSR count). The molecule has 2 aromatic rings. The van der Waals surface area contributed by atoms with Crippen LogP contribution < -0.4 is 4.90 Å². The first-order chi connectivity index (χ1) is 11.6. The van der Waals surface area contributed by atoms with E-state index in [0.29, 0.717) is 25.3 Å². The van der Waals surface area contributed by atoms with E-state index >= 15 is 0 Å². The monoisotopic (exact) mass is 328 g/mol. The van der Waals surface area contributed by atoms with Crippen molar-refractivity contribution in [1.29, 1.82) is 0 Å². The smallest absolute Gasteiger partial charge is 0.254 e. The van der Waals surface area contributed by atoms with E-state index in [1.54, 1.807) is 0 Å². The van der Waals surface area contributed by atoms with Gasteiger partial charge in [0.15, 0.2) is 0 Å². The summed E-state index contributed by atoms with van der Waals surface area (Å²) in [6.07, 6.45) is 3.71. The molecule has 0 radical (unpaired) electrons. The van der Waals surface area contributed by atoms with Crippen molar-refractivity contribution in [3.63, 3.8) is 0 Å². The van der Waals surface area contributed by atoms with Crippen LogP contribution >= 0.6 is 0 Å². The fraction of sp³-hybridized carbons (Fsp3) is 0.444. The summed E-state index contributed by atoms with van der Waals surface area (Å²) in [4.78, 5) is 16.6. The molecular weight excluding hydrogens is 304 g/mol. The van der Waals surface area contributed by atoms with Crippen molar-refractivity contribution in [3.8, 4) is 0 Å². The Labute approximate surface area is 142 Å². The lowest BCUT2D eigenvalue weighted by Crippen LogP contribution is -2.42. The van der Waals surface area contributed by atoms with E-state index in [0.717, 1.165) is 17.8 Å². The number of benzene rings is 1. The van der Waals surface area contributed by atoms with E-state index < -0.39 is 0 Å². The number of hydrogen-bond donors (Lipinski definition) is 0. The summed E-state index contributed by atoms with van der Waals surface area (Å²) in [5.74, 6) is 0.0523. The Morgan fingerprint density at radius 3 is 2.71 bits per heavy atom. The van der Waals surface area contributed by atoms with Crippen LogP contribution in [0.2, 0.25) is 0 Å². The van der Waals surface area contributed by atoms with Crippen LogP contribution in [0.3, 0.4) is 0 Å². The second-order valence-electron chi connectivity index (χ2n) is 6.18. The molecule has 1 fully saturated rings. The number of carbonyl (C=O) groups is 1. The Morgan fingerprint density at radius 1 is 1.33 bits per heavy atom. The summed E-state index contributed by atoms with van der Waals surface area (Å²) in [5, 5.41) is 4.29. The lowest BCUT2D eigenvalue weighted by Gasteiger charge is -2.32. The normalized spacial score (nSPS) is 17.8. The van der Waals surface area contributed by atoms with E-state index in [2.05, 4.69) is 5.10 Å². The number of rotatable bonds is 4. The lowest BCUT2D eigenvalue weighted by molar-refractivity contribution is -0.0228. The topological polar surface area (TPSA) is 50.6 Å². The number of nitrogens with zero attached hydrogens (tertiary/aromatic N) is 4. The largest absolute Gasteiger partial charge is 0.378 e. The number of hydrogen-bond acceptors (Lipinski definition) is 4. The van der Waals surface area contributed by atoms with E-state index in [-0.39, 0.29) is 12.0 Å². The van der Waals surface area contributed by atoms with Crippen LogP contribution in [0.4, 0.5) is 5.69 Å². The molecule has 24 heavy (non-hydrogen) atoms. The first-order valence-corrected chi connectivity index (χ1v) is 8.29. The van der Waals surface area contributed by atoms with Crippen LogP contribution in [0.25, 0.3) is 0 Å². The van der Waals surface area contributed by atoms with Gasteiger partial charge in [0.05, 0.1) is 19.3 Å². The SMILES string of the molecule is CCn1cc(C2CN(C(=O)c3ccc(N(C)C)cc3)CCO2)cn1. The maximum atomic E-state index is 12.8. The average molecular weight is 328 g/mol. The van der Waals surface area contributed by atoms with Crippen molar-refractivity contribution >= 4 is 11.6 Å². The first-order valence-electron chi connectivity index (χ1n) is 8.29. The third-order valence-electron chi connectivity index (χ3n) is 4.33. The van der Waals surface area contributed by atoms with Gasteiger partial charge in [-0.15, -0.1) is 0 Å². The zero-order chi connectivity index (χ0) is 17.1. The molecule has 1 atom stereocenters. The molecule has 6 heteroatoms. The third kappa shape index (κ3) is 3.43. The van der Waals surface area contributed by atoms with Crippen LogP contribution in [0.15, 0.2) is 36.7 Å². The van der Waals surface area contributed by atoms with Crippen LogP contribution in [-0.2, 0) is 11.3 Å². The molecule has 1 aromatic carbocycles. The highest BCUT2D eigenvalue weighted by atomic mass is 16.5. The number of ether oxygens (including phenoxy) is 1. The zero-order valence-electron chi connectivity index (χ0n) is 14.5. The molecule has 1 amide bonds. The van der Waals surface area contributed by atoms with E-state index in [9.17, 15) is 4.79 Å². The number of amides is 1. The maximum Gasteiger partial charge on any atom is 0.254 e. The minimum Gasteiger partial charge on any atom is -0.378 e. The van der Waals surface area contributed by atoms with Gasteiger partial charge in [0.1, 0.15) is 6.10 Å². The predicted octanol–water partition coefficient (Wildman–Crippen LogP) is 2.18. The van der Waals surface area contributed by atoms with E-state index in [4.69, 9.17) is 4.74 Å². The molecule has 6 nitrogen and oxygen atoms in total. The maximum absolute atomic E-state index is 12.8. The molecule has 128 valence electrons. The summed E-state index contributed by atoms with van der Waals surface area (Å²) in [5.41, 5.74) is 2.82. The van der Waals surface area contributed by atoms with Gasteiger partial charge in [0.2, 0.25) is 0 Å². The second kappa shape index (κ2) is 7.05. The van der Waals surface area contributed by atoms with Gasteiger partial charge in [-0.3, -0.25) is 9.48 Å². The summed E-state index contributed by atoms with van der Waals surface area (Å²) < 4.78 is 7.71. The van der Waals surface area contributed by atoms with Crippen LogP contribution in [0.1, 0.15) is 28.9 Å². The molecule has 1 saturated heterocycles. The van der Waals surface area contributed by atoms with Crippen LogP contribution in [0.5, 0.6) is 0 Å². The molecule has 0 N–H and O–H groups in total. The number of aromatic nitrogens is 2. The third-order valence-corrected chi connectivity index (χ3v) is 4.33. The Morgan fingerprint density at radius 2 is 2.08 bits per heavy atom. The van der Waals surface area contributed by atoms with Crippen LogP contribution in [0, 0.1) is 0 Å². The van der Waals surface area contributed by atoms with Crippen molar-refractivity contribution in [2.45, 2.75) is 19.6 Å². The van der Waals surface area contributed by atoms with Crippen LogP contribution in [-0.4, -0.2) is 54.4 Å². The molecule has 0 spiro atoms. The number of morpholine rings is 1. The standard InChI is InChI=1S/C18H24N4O2/c1-4-22-12-15(11-19-22)17-13-21(9-10-24-17)18(23)14-5-7-16(8-6-14)20(2)3/h5-8,11-12,17H,4,9-10,13H2,1-3H3. The molecule has 0 bridgehead atoms. The highest BCUT2D eigenvalue weighted by molar-refractivity contribution is 5.94. The zero-order valence-corrected chi connectivity index (χ0v) is 14.5. The molecule has 1 unspecified atom stereocenters. The molecule has 1 aliphatic heterocycles. The fourth-order valence-electron chi connectivity index (χ4n) is 2.84. The Balaban J connectivity index is 1.70. The van der Waals surface area contributed by atoms with Crippen molar-refractivity contribution in [1.82, 2.24) is 14.7 Å². The molecule has 1 aliphatic rings. The summed E-state index contributed by atoms with van der Waals surface area (Å²) >= 11 is 0. The Hall–Kier alpha value is -2.34. The Kier molecular flexibility index (Phi) is 4.85. The minimum absolute atomic E-state index is 0.0523. The van der Waals surface area contributed by atoms with Gasteiger partial charge in [-0.1, -0.05) is 0 Å². The van der Waals surface area contributed by atoms with Gasteiger partial charge in [-0.25, -0.2) is 0 Å². The molecule has 0 saturated carbocycles. The highest BCUT2D eigenvalue weighted by Crippen LogP contribution is 2.23. The van der Waals surface area contributed by atoms with Crippen molar-refractivity contribution in [3.05, 3.63) is 47.8 Å². The average Bonchev–Trinajstić information content (AvgIpc) is 3.10. The van der Waals surface area contributed by atoms with Crippen molar-refractivity contribution < 1.29 is 9.53 Å². The Bertz CT molecular complexity index is 693. The second-order valence-corrected chi connectivity index (χ2v) is 6.18. The van der Waals surface area contributed by atoms with Gasteiger partial charge in [-0.2, -0.15) is 5.10 Å². The molecule has 2 heterocycles. The first kappa shape index (κ1) is 16.5. The number of carbonyl (C=O) groups excluding carboxylic acids is 1. The van der Waals surface area contributed by atoms with E-state index in [1.807, 2.05) is 72.2 Å². The van der Waals surface area contributed by atoms with Crippen molar-refractivity contribution in [2.24, 2.45) is 0 Å². The summed E-state index contributed by atoms with van der Waals surface area (Å²) in [6, 6.07) is 7.71. The summed E-state index contributed by atoms with van der Waals surface area (Å²) in [6.45, 7) is 4.60. The molecular formula is C18H24N4O2. The minimum atomic E-state index is -0.107. The van der Waals surface area contributed by atoms with Gasteiger partial charge >= 0.3 is 0 Å². The van der Waals surface area contributed by atoms with E-state index in [1.165, 1.54) is 0 Å². The molecule has 0 aliphatic carbocycles. The summed E-state index contributed by atoms with van der Waals surface area (Å²) in [7, 11) is 3.97. The van der Waals surface area contributed by atoms with Gasteiger partial charge < -0.3 is 14.5 Å². The lowest BCUT2D eigenvalue weighted by atomic mass is 10.1. The predicted molar refractivity (Wildman–Crippen MR) is 93.3 cm³/mol.